The first kappa shape index (κ1) is 16.7. The van der Waals surface area contributed by atoms with Gasteiger partial charge in [0.1, 0.15) is 0 Å². The molecule has 0 unspecified atom stereocenters. The molecule has 0 radical (unpaired) electrons. The molecule has 0 aliphatic heterocycles. The molecule has 2 rings (SSSR count). The zero-order valence-corrected chi connectivity index (χ0v) is 13.8. The Morgan fingerprint density at radius 1 is 0.913 bits per heavy atom. The van der Waals surface area contributed by atoms with Gasteiger partial charge in [-0.25, -0.2) is 0 Å². The number of benzene rings is 2. The Hall–Kier alpha value is -2.62. The highest BCUT2D eigenvalue weighted by Gasteiger charge is 2.08. The van der Waals surface area contributed by atoms with Gasteiger partial charge in [-0.05, 0) is 55.2 Å². The quantitative estimate of drug-likeness (QED) is 0.892. The van der Waals surface area contributed by atoms with Crippen LogP contribution < -0.4 is 10.6 Å². The van der Waals surface area contributed by atoms with Gasteiger partial charge in [0.2, 0.25) is 11.8 Å². The van der Waals surface area contributed by atoms with Crippen LogP contribution in [0, 0.1) is 20.8 Å². The Morgan fingerprint density at radius 3 is 2.22 bits per heavy atom. The third-order valence-corrected chi connectivity index (χ3v) is 3.56. The molecule has 120 valence electrons. The van der Waals surface area contributed by atoms with Crippen molar-refractivity contribution in [1.82, 2.24) is 5.32 Å². The minimum absolute atomic E-state index is 0.0301. The molecule has 0 aromatic heterocycles. The van der Waals surface area contributed by atoms with E-state index in [4.69, 9.17) is 0 Å². The average molecular weight is 310 g/mol. The van der Waals surface area contributed by atoms with E-state index < -0.39 is 0 Å². The SMILES string of the molecule is Cc1cc(C)cc(NC(=O)CNC(=O)Cc2ccccc2C)c1. The van der Waals surface area contributed by atoms with E-state index in [2.05, 4.69) is 10.6 Å². The molecular weight excluding hydrogens is 288 g/mol. The van der Waals surface area contributed by atoms with Gasteiger partial charge in [0.05, 0.1) is 13.0 Å². The first-order valence-corrected chi connectivity index (χ1v) is 7.63. The number of rotatable bonds is 5. The molecule has 0 saturated heterocycles. The van der Waals surface area contributed by atoms with Crippen LogP contribution in [-0.2, 0) is 16.0 Å². The minimum Gasteiger partial charge on any atom is -0.347 e. The second kappa shape index (κ2) is 7.58. The number of hydrogen-bond acceptors (Lipinski definition) is 2. The predicted octanol–water partition coefficient (Wildman–Crippen LogP) is 2.91. The fourth-order valence-corrected chi connectivity index (χ4v) is 2.47. The van der Waals surface area contributed by atoms with E-state index >= 15 is 0 Å². The molecule has 0 bridgehead atoms. The number of nitrogens with one attached hydrogen (secondary N) is 2. The summed E-state index contributed by atoms with van der Waals surface area (Å²) < 4.78 is 0. The molecule has 2 aromatic carbocycles. The highest BCUT2D eigenvalue weighted by Crippen LogP contribution is 2.13. The van der Waals surface area contributed by atoms with Crippen molar-refractivity contribution < 1.29 is 9.59 Å². The van der Waals surface area contributed by atoms with Gasteiger partial charge < -0.3 is 10.6 Å². The number of hydrogen-bond donors (Lipinski definition) is 2. The number of aryl methyl sites for hydroxylation is 3. The van der Waals surface area contributed by atoms with Crippen molar-refractivity contribution in [3.8, 4) is 0 Å². The molecule has 2 N–H and O–H groups in total. The molecule has 4 nitrogen and oxygen atoms in total. The van der Waals surface area contributed by atoms with E-state index in [0.717, 1.165) is 27.9 Å². The van der Waals surface area contributed by atoms with Crippen molar-refractivity contribution in [2.75, 3.05) is 11.9 Å². The fraction of sp³-hybridized carbons (Fsp3) is 0.263. The topological polar surface area (TPSA) is 58.2 Å². The van der Waals surface area contributed by atoms with Crippen LogP contribution in [0.2, 0.25) is 0 Å². The van der Waals surface area contributed by atoms with Gasteiger partial charge >= 0.3 is 0 Å². The summed E-state index contributed by atoms with van der Waals surface area (Å²) in [4.78, 5) is 23.9. The first-order valence-electron chi connectivity index (χ1n) is 7.63. The van der Waals surface area contributed by atoms with Gasteiger partial charge in [-0.2, -0.15) is 0 Å². The molecule has 0 aliphatic carbocycles. The van der Waals surface area contributed by atoms with Crippen molar-refractivity contribution in [1.29, 1.82) is 0 Å². The maximum absolute atomic E-state index is 11.9. The number of anilines is 1. The number of amides is 2. The van der Waals surface area contributed by atoms with Crippen LogP contribution in [0.5, 0.6) is 0 Å². The van der Waals surface area contributed by atoms with Crippen LogP contribution in [0.15, 0.2) is 42.5 Å². The normalized spacial score (nSPS) is 10.2. The van der Waals surface area contributed by atoms with Crippen LogP contribution in [0.4, 0.5) is 5.69 Å². The van der Waals surface area contributed by atoms with Gasteiger partial charge in [0.15, 0.2) is 0 Å². The summed E-state index contributed by atoms with van der Waals surface area (Å²) in [6, 6.07) is 13.6. The lowest BCUT2D eigenvalue weighted by molar-refractivity contribution is -0.123. The maximum atomic E-state index is 11.9. The molecule has 2 aromatic rings. The van der Waals surface area contributed by atoms with Gasteiger partial charge in [-0.15, -0.1) is 0 Å². The Balaban J connectivity index is 1.84. The van der Waals surface area contributed by atoms with E-state index in [1.165, 1.54) is 0 Å². The van der Waals surface area contributed by atoms with Crippen LogP contribution >= 0.6 is 0 Å². The van der Waals surface area contributed by atoms with Crippen molar-refractivity contribution in [2.24, 2.45) is 0 Å². The third-order valence-electron chi connectivity index (χ3n) is 3.56. The monoisotopic (exact) mass is 310 g/mol. The fourth-order valence-electron chi connectivity index (χ4n) is 2.47. The minimum atomic E-state index is -0.229. The lowest BCUT2D eigenvalue weighted by Gasteiger charge is -2.09. The summed E-state index contributed by atoms with van der Waals surface area (Å²) in [7, 11) is 0. The Morgan fingerprint density at radius 2 is 1.57 bits per heavy atom. The van der Waals surface area contributed by atoms with E-state index in [9.17, 15) is 9.59 Å². The Bertz CT molecular complexity index is 703. The van der Waals surface area contributed by atoms with E-state index in [-0.39, 0.29) is 24.8 Å². The summed E-state index contributed by atoms with van der Waals surface area (Å²) in [5.41, 5.74) is 4.97. The van der Waals surface area contributed by atoms with Gasteiger partial charge in [-0.1, -0.05) is 30.3 Å². The highest BCUT2D eigenvalue weighted by atomic mass is 16.2. The maximum Gasteiger partial charge on any atom is 0.243 e. The summed E-state index contributed by atoms with van der Waals surface area (Å²) in [5, 5.41) is 5.46. The van der Waals surface area contributed by atoms with Crippen LogP contribution in [0.1, 0.15) is 22.3 Å². The smallest absolute Gasteiger partial charge is 0.243 e. The second-order valence-corrected chi connectivity index (χ2v) is 5.80. The summed E-state index contributed by atoms with van der Waals surface area (Å²) in [5.74, 6) is -0.386. The second-order valence-electron chi connectivity index (χ2n) is 5.80. The Labute approximate surface area is 136 Å². The number of carbonyl (C=O) groups is 2. The summed E-state index contributed by atoms with van der Waals surface area (Å²) in [6.07, 6.45) is 0.281. The van der Waals surface area contributed by atoms with Crippen molar-refractivity contribution in [2.45, 2.75) is 27.2 Å². The van der Waals surface area contributed by atoms with Crippen LogP contribution in [0.3, 0.4) is 0 Å². The lowest BCUT2D eigenvalue weighted by Crippen LogP contribution is -2.33. The molecule has 2 amide bonds. The lowest BCUT2D eigenvalue weighted by atomic mass is 10.1. The first-order chi connectivity index (χ1) is 10.9. The number of carbonyl (C=O) groups excluding carboxylic acids is 2. The van der Waals surface area contributed by atoms with Crippen molar-refractivity contribution in [3.63, 3.8) is 0 Å². The standard InChI is InChI=1S/C19H22N2O2/c1-13-8-14(2)10-17(9-13)21-19(23)12-20-18(22)11-16-7-5-4-6-15(16)3/h4-10H,11-12H2,1-3H3,(H,20,22)(H,21,23). The van der Waals surface area contributed by atoms with Crippen molar-refractivity contribution in [3.05, 3.63) is 64.7 Å². The molecule has 0 fully saturated rings. The summed E-state index contributed by atoms with van der Waals surface area (Å²) >= 11 is 0. The third kappa shape index (κ3) is 5.25. The zero-order chi connectivity index (χ0) is 16.8. The molecule has 0 aliphatic rings. The highest BCUT2D eigenvalue weighted by molar-refractivity contribution is 5.94. The largest absolute Gasteiger partial charge is 0.347 e. The summed E-state index contributed by atoms with van der Waals surface area (Å²) in [6.45, 7) is 5.90. The van der Waals surface area contributed by atoms with Gasteiger partial charge in [0.25, 0.3) is 0 Å². The van der Waals surface area contributed by atoms with Gasteiger partial charge in [-0.3, -0.25) is 9.59 Å². The molecule has 0 atom stereocenters. The Kier molecular flexibility index (Phi) is 5.52. The van der Waals surface area contributed by atoms with E-state index in [1.54, 1.807) is 0 Å². The van der Waals surface area contributed by atoms with Gasteiger partial charge in [0, 0.05) is 5.69 Å². The van der Waals surface area contributed by atoms with Crippen molar-refractivity contribution >= 4 is 17.5 Å². The molecule has 0 spiro atoms. The van der Waals surface area contributed by atoms with Crippen LogP contribution in [0.25, 0.3) is 0 Å². The average Bonchev–Trinajstić information content (AvgIpc) is 2.46. The molecule has 0 heterocycles. The molecular formula is C19H22N2O2. The molecule has 0 saturated carbocycles. The van der Waals surface area contributed by atoms with E-state index in [1.807, 2.05) is 63.2 Å². The van der Waals surface area contributed by atoms with E-state index in [0.29, 0.717) is 0 Å². The molecule has 23 heavy (non-hydrogen) atoms. The predicted molar refractivity (Wildman–Crippen MR) is 92.4 cm³/mol. The molecule has 4 heteroatoms. The zero-order valence-electron chi connectivity index (χ0n) is 13.8. The van der Waals surface area contributed by atoms with Crippen LogP contribution in [-0.4, -0.2) is 18.4 Å².